The number of methoxy groups -OCH3 is 1. The van der Waals surface area contributed by atoms with Crippen molar-refractivity contribution in [1.29, 1.82) is 0 Å². The number of hydrogen-bond acceptors (Lipinski definition) is 5. The monoisotopic (exact) mass is 310 g/mol. The predicted molar refractivity (Wildman–Crippen MR) is 79.0 cm³/mol. The van der Waals surface area contributed by atoms with Gasteiger partial charge in [0.15, 0.2) is 5.76 Å². The molecule has 0 saturated carbocycles. The van der Waals surface area contributed by atoms with Gasteiger partial charge in [-0.1, -0.05) is 13.3 Å². The lowest BCUT2D eigenvalue weighted by Crippen LogP contribution is -2.36. The molecule has 0 bridgehead atoms. The minimum absolute atomic E-state index is 0.121. The number of ether oxygens (including phenoxy) is 1. The van der Waals surface area contributed by atoms with Gasteiger partial charge in [0.25, 0.3) is 5.91 Å². The lowest BCUT2D eigenvalue weighted by Gasteiger charge is -2.16. The number of rotatable bonds is 8. The SMILES string of the molecule is CCC[C@@H](CC(=O)OC)NC(=O)c1ccc(CNC(C)=O)o1. The number of furan rings is 1. The molecule has 0 aliphatic heterocycles. The summed E-state index contributed by atoms with van der Waals surface area (Å²) in [7, 11) is 1.31. The van der Waals surface area contributed by atoms with Crippen LogP contribution in [0.1, 0.15) is 49.4 Å². The van der Waals surface area contributed by atoms with Crippen LogP contribution in [0.3, 0.4) is 0 Å². The van der Waals surface area contributed by atoms with E-state index in [4.69, 9.17) is 4.42 Å². The first-order chi connectivity index (χ1) is 10.5. The van der Waals surface area contributed by atoms with Crippen LogP contribution < -0.4 is 10.6 Å². The Kier molecular flexibility index (Phi) is 7.15. The van der Waals surface area contributed by atoms with Crippen molar-refractivity contribution in [2.24, 2.45) is 0 Å². The number of nitrogens with one attached hydrogen (secondary N) is 2. The topological polar surface area (TPSA) is 97.6 Å². The highest BCUT2D eigenvalue weighted by Crippen LogP contribution is 2.10. The summed E-state index contributed by atoms with van der Waals surface area (Å²) in [6.45, 7) is 3.59. The number of hydrogen-bond donors (Lipinski definition) is 2. The minimum Gasteiger partial charge on any atom is -0.469 e. The van der Waals surface area contributed by atoms with Crippen LogP contribution in [0.5, 0.6) is 0 Å². The summed E-state index contributed by atoms with van der Waals surface area (Å²) in [4.78, 5) is 34.3. The Hall–Kier alpha value is -2.31. The Balaban J connectivity index is 2.61. The van der Waals surface area contributed by atoms with Gasteiger partial charge in [0.05, 0.1) is 20.1 Å². The van der Waals surface area contributed by atoms with Gasteiger partial charge in [-0.25, -0.2) is 0 Å². The van der Waals surface area contributed by atoms with E-state index in [1.165, 1.54) is 20.1 Å². The van der Waals surface area contributed by atoms with Crippen LogP contribution in [0.15, 0.2) is 16.5 Å². The maximum Gasteiger partial charge on any atom is 0.307 e. The van der Waals surface area contributed by atoms with E-state index in [0.29, 0.717) is 12.2 Å². The van der Waals surface area contributed by atoms with Gasteiger partial charge in [0.2, 0.25) is 5.91 Å². The molecule has 7 heteroatoms. The molecular formula is C15H22N2O5. The van der Waals surface area contributed by atoms with Gasteiger partial charge in [0.1, 0.15) is 5.76 Å². The Labute approximate surface area is 129 Å². The Morgan fingerprint density at radius 3 is 2.64 bits per heavy atom. The summed E-state index contributed by atoms with van der Waals surface area (Å²) in [5, 5.41) is 5.34. The van der Waals surface area contributed by atoms with E-state index < -0.39 is 5.91 Å². The number of carbonyl (C=O) groups is 3. The van der Waals surface area contributed by atoms with E-state index in [0.717, 1.165) is 6.42 Å². The first kappa shape index (κ1) is 17.7. The standard InChI is InChI=1S/C15H22N2O5/c1-4-5-11(8-14(19)21-3)17-15(20)13-7-6-12(22-13)9-16-10(2)18/h6-7,11H,4-5,8-9H2,1-3H3,(H,16,18)(H,17,20)/t11-/m0/s1. The van der Waals surface area contributed by atoms with Crippen molar-refractivity contribution in [1.82, 2.24) is 10.6 Å². The molecule has 1 aromatic heterocycles. The van der Waals surface area contributed by atoms with Gasteiger partial charge in [-0.3, -0.25) is 14.4 Å². The maximum absolute atomic E-state index is 12.1. The van der Waals surface area contributed by atoms with Crippen LogP contribution in [-0.2, 0) is 20.9 Å². The second kappa shape index (κ2) is 8.86. The van der Waals surface area contributed by atoms with Crippen LogP contribution >= 0.6 is 0 Å². The molecule has 22 heavy (non-hydrogen) atoms. The normalized spacial score (nSPS) is 11.6. The highest BCUT2D eigenvalue weighted by molar-refractivity contribution is 5.92. The van der Waals surface area contributed by atoms with Gasteiger partial charge < -0.3 is 19.8 Å². The maximum atomic E-state index is 12.1. The zero-order valence-corrected chi connectivity index (χ0v) is 13.1. The summed E-state index contributed by atoms with van der Waals surface area (Å²) in [6.07, 6.45) is 1.61. The Morgan fingerprint density at radius 1 is 1.32 bits per heavy atom. The molecule has 0 unspecified atom stereocenters. The highest BCUT2D eigenvalue weighted by Gasteiger charge is 2.19. The van der Waals surface area contributed by atoms with Crippen molar-refractivity contribution in [3.8, 4) is 0 Å². The smallest absolute Gasteiger partial charge is 0.307 e. The fraction of sp³-hybridized carbons (Fsp3) is 0.533. The first-order valence-corrected chi connectivity index (χ1v) is 7.17. The summed E-state index contributed by atoms with van der Waals surface area (Å²) < 4.78 is 9.98. The molecule has 0 aliphatic carbocycles. The average molecular weight is 310 g/mol. The first-order valence-electron chi connectivity index (χ1n) is 7.17. The molecule has 2 amide bonds. The number of esters is 1. The third-order valence-corrected chi connectivity index (χ3v) is 3.01. The van der Waals surface area contributed by atoms with E-state index >= 15 is 0 Å². The minimum atomic E-state index is -0.392. The molecule has 0 spiro atoms. The summed E-state index contributed by atoms with van der Waals surface area (Å²) >= 11 is 0. The van der Waals surface area contributed by atoms with Crippen molar-refractivity contribution < 1.29 is 23.5 Å². The number of amides is 2. The molecule has 0 saturated heterocycles. The van der Waals surface area contributed by atoms with Crippen molar-refractivity contribution >= 4 is 17.8 Å². The van der Waals surface area contributed by atoms with Crippen LogP contribution in [-0.4, -0.2) is 30.9 Å². The van der Waals surface area contributed by atoms with Crippen LogP contribution in [0.2, 0.25) is 0 Å². The van der Waals surface area contributed by atoms with Crippen molar-refractivity contribution in [2.75, 3.05) is 7.11 Å². The van der Waals surface area contributed by atoms with Gasteiger partial charge in [-0.15, -0.1) is 0 Å². The molecule has 0 fully saturated rings. The zero-order valence-electron chi connectivity index (χ0n) is 13.1. The molecule has 2 N–H and O–H groups in total. The quantitative estimate of drug-likeness (QED) is 0.707. The number of carbonyl (C=O) groups excluding carboxylic acids is 3. The van der Waals surface area contributed by atoms with E-state index in [9.17, 15) is 14.4 Å². The van der Waals surface area contributed by atoms with E-state index in [-0.39, 0.29) is 36.6 Å². The largest absolute Gasteiger partial charge is 0.469 e. The van der Waals surface area contributed by atoms with E-state index in [2.05, 4.69) is 15.4 Å². The second-order valence-electron chi connectivity index (χ2n) is 4.92. The van der Waals surface area contributed by atoms with Crippen LogP contribution in [0, 0.1) is 0 Å². The molecule has 1 aromatic rings. The van der Waals surface area contributed by atoms with Crippen LogP contribution in [0.25, 0.3) is 0 Å². The zero-order chi connectivity index (χ0) is 16.5. The highest BCUT2D eigenvalue weighted by atomic mass is 16.5. The van der Waals surface area contributed by atoms with Crippen molar-refractivity contribution in [3.05, 3.63) is 23.7 Å². The molecule has 0 aliphatic rings. The Morgan fingerprint density at radius 2 is 2.05 bits per heavy atom. The summed E-state index contributed by atoms with van der Waals surface area (Å²) in [6, 6.07) is 2.86. The lowest BCUT2D eigenvalue weighted by molar-refractivity contribution is -0.141. The van der Waals surface area contributed by atoms with Gasteiger partial charge in [-0.2, -0.15) is 0 Å². The second-order valence-corrected chi connectivity index (χ2v) is 4.92. The molecule has 1 atom stereocenters. The molecule has 0 radical (unpaired) electrons. The fourth-order valence-electron chi connectivity index (χ4n) is 1.92. The molecular weight excluding hydrogens is 288 g/mol. The third kappa shape index (κ3) is 5.99. The lowest BCUT2D eigenvalue weighted by atomic mass is 10.1. The molecule has 1 rings (SSSR count). The molecule has 7 nitrogen and oxygen atoms in total. The van der Waals surface area contributed by atoms with Crippen molar-refractivity contribution in [3.63, 3.8) is 0 Å². The molecule has 0 aromatic carbocycles. The summed E-state index contributed by atoms with van der Waals surface area (Å²) in [5.41, 5.74) is 0. The summed E-state index contributed by atoms with van der Waals surface area (Å²) in [5.74, 6) is -0.309. The van der Waals surface area contributed by atoms with Gasteiger partial charge in [0, 0.05) is 13.0 Å². The van der Waals surface area contributed by atoms with Crippen LogP contribution in [0.4, 0.5) is 0 Å². The third-order valence-electron chi connectivity index (χ3n) is 3.01. The predicted octanol–water partition coefficient (Wildman–Crippen LogP) is 1.38. The van der Waals surface area contributed by atoms with E-state index in [1.807, 2.05) is 6.92 Å². The van der Waals surface area contributed by atoms with Gasteiger partial charge in [-0.05, 0) is 18.6 Å². The Bertz CT molecular complexity index is 524. The van der Waals surface area contributed by atoms with E-state index in [1.54, 1.807) is 6.07 Å². The van der Waals surface area contributed by atoms with Gasteiger partial charge >= 0.3 is 5.97 Å². The molecule has 1 heterocycles. The molecule has 122 valence electrons. The van der Waals surface area contributed by atoms with Crippen molar-refractivity contribution in [2.45, 2.75) is 45.7 Å². The average Bonchev–Trinajstić information content (AvgIpc) is 2.94. The fourth-order valence-corrected chi connectivity index (χ4v) is 1.92.